The van der Waals surface area contributed by atoms with Gasteiger partial charge in [0.1, 0.15) is 0 Å². The lowest BCUT2D eigenvalue weighted by Crippen LogP contribution is -2.47. The minimum atomic E-state index is -0.343. The highest BCUT2D eigenvalue weighted by Crippen LogP contribution is 2.24. The Morgan fingerprint density at radius 1 is 1.12 bits per heavy atom. The van der Waals surface area contributed by atoms with Gasteiger partial charge in [0.15, 0.2) is 0 Å². The third kappa shape index (κ3) is 4.45. The molecule has 0 aromatic carbocycles. The van der Waals surface area contributed by atoms with E-state index in [1.54, 1.807) is 11.8 Å². The predicted octanol–water partition coefficient (Wildman–Crippen LogP) is 3.27. The molecule has 0 aliphatic carbocycles. The summed E-state index contributed by atoms with van der Waals surface area (Å²) in [4.78, 5) is 13.4. The molecule has 0 heterocycles. The molecule has 0 aromatic heterocycles. The van der Waals surface area contributed by atoms with Gasteiger partial charge in [0.25, 0.3) is 0 Å². The normalized spacial score (nSPS) is 15.1. The molecule has 0 saturated heterocycles. The number of amides is 1. The lowest BCUT2D eigenvalue weighted by molar-refractivity contribution is 0.0862. The fourth-order valence-electron chi connectivity index (χ4n) is 1.21. The molecule has 0 aliphatic heterocycles. The van der Waals surface area contributed by atoms with E-state index in [9.17, 15) is 4.79 Å². The standard InChI is InChI=1S/C11H23NO2S2/c1-6-14-11(13)12(9(15)7(2)3)10(16)8(4)5/h7-10,15-16H,6H2,1-5H3. The molecule has 0 fully saturated rings. The molecule has 0 aliphatic rings. The van der Waals surface area contributed by atoms with Crippen LogP contribution in [0, 0.1) is 11.8 Å². The first-order valence-electron chi connectivity index (χ1n) is 5.64. The largest absolute Gasteiger partial charge is 0.450 e. The summed E-state index contributed by atoms with van der Waals surface area (Å²) in [6, 6.07) is 0. The lowest BCUT2D eigenvalue weighted by Gasteiger charge is -2.36. The molecule has 16 heavy (non-hydrogen) atoms. The first-order valence-corrected chi connectivity index (χ1v) is 6.67. The second-order valence-corrected chi connectivity index (χ2v) is 5.48. The van der Waals surface area contributed by atoms with E-state index in [4.69, 9.17) is 4.74 Å². The molecule has 5 heteroatoms. The predicted molar refractivity (Wildman–Crippen MR) is 74.1 cm³/mol. The van der Waals surface area contributed by atoms with Crippen LogP contribution in [0.4, 0.5) is 4.79 Å². The summed E-state index contributed by atoms with van der Waals surface area (Å²) < 4.78 is 5.04. The van der Waals surface area contributed by atoms with Crippen LogP contribution >= 0.6 is 25.3 Å². The summed E-state index contributed by atoms with van der Waals surface area (Å²) in [5, 5.41) is -0.354. The van der Waals surface area contributed by atoms with E-state index >= 15 is 0 Å². The Morgan fingerprint density at radius 3 is 1.75 bits per heavy atom. The summed E-state index contributed by atoms with van der Waals surface area (Å²) in [5.41, 5.74) is 0. The van der Waals surface area contributed by atoms with Crippen molar-refractivity contribution < 1.29 is 9.53 Å². The van der Waals surface area contributed by atoms with Crippen molar-refractivity contribution in [1.29, 1.82) is 0 Å². The van der Waals surface area contributed by atoms with Crippen LogP contribution in [-0.4, -0.2) is 28.3 Å². The molecular formula is C11H23NO2S2. The number of thiol groups is 2. The third-order valence-corrected chi connectivity index (χ3v) is 3.93. The van der Waals surface area contributed by atoms with Gasteiger partial charge < -0.3 is 4.74 Å². The van der Waals surface area contributed by atoms with E-state index in [1.807, 2.05) is 27.7 Å². The Balaban J connectivity index is 4.82. The van der Waals surface area contributed by atoms with Crippen LogP contribution in [0.1, 0.15) is 34.6 Å². The molecule has 96 valence electrons. The van der Waals surface area contributed by atoms with E-state index in [0.29, 0.717) is 6.61 Å². The van der Waals surface area contributed by atoms with E-state index in [0.717, 1.165) is 0 Å². The minimum Gasteiger partial charge on any atom is -0.450 e. The molecule has 1 amide bonds. The molecule has 2 atom stereocenters. The molecule has 0 rings (SSSR count). The fraction of sp³-hybridized carbons (Fsp3) is 0.909. The van der Waals surface area contributed by atoms with Gasteiger partial charge >= 0.3 is 6.09 Å². The number of carbonyl (C=O) groups is 1. The van der Waals surface area contributed by atoms with Crippen molar-refractivity contribution in [3.63, 3.8) is 0 Å². The number of nitrogens with zero attached hydrogens (tertiary/aromatic N) is 1. The van der Waals surface area contributed by atoms with Gasteiger partial charge in [0.05, 0.1) is 17.4 Å². The van der Waals surface area contributed by atoms with E-state index < -0.39 is 0 Å². The Morgan fingerprint density at radius 2 is 1.50 bits per heavy atom. The second kappa shape index (κ2) is 7.33. The van der Waals surface area contributed by atoms with Crippen molar-refractivity contribution in [1.82, 2.24) is 4.90 Å². The van der Waals surface area contributed by atoms with E-state index in [2.05, 4.69) is 25.3 Å². The van der Waals surface area contributed by atoms with E-state index in [1.165, 1.54) is 0 Å². The molecule has 3 nitrogen and oxygen atoms in total. The highest BCUT2D eigenvalue weighted by molar-refractivity contribution is 7.81. The Kier molecular flexibility index (Phi) is 7.31. The Bertz CT molecular complexity index is 208. The van der Waals surface area contributed by atoms with Crippen LogP contribution in [-0.2, 0) is 4.74 Å². The van der Waals surface area contributed by atoms with Gasteiger partial charge in [-0.1, -0.05) is 27.7 Å². The van der Waals surface area contributed by atoms with Gasteiger partial charge in [0.2, 0.25) is 0 Å². The Hall–Kier alpha value is -0.0300. The second-order valence-electron chi connectivity index (χ2n) is 4.42. The molecule has 0 radical (unpaired) electrons. The quantitative estimate of drug-likeness (QED) is 0.590. The first-order chi connectivity index (χ1) is 7.32. The molecule has 0 N–H and O–H groups in total. The molecule has 0 saturated carbocycles. The van der Waals surface area contributed by atoms with Crippen molar-refractivity contribution in [3.05, 3.63) is 0 Å². The zero-order valence-electron chi connectivity index (χ0n) is 10.7. The first kappa shape index (κ1) is 16.0. The average molecular weight is 265 g/mol. The van der Waals surface area contributed by atoms with Crippen LogP contribution in [0.15, 0.2) is 0 Å². The van der Waals surface area contributed by atoms with Crippen molar-refractivity contribution in [2.75, 3.05) is 6.61 Å². The van der Waals surface area contributed by atoms with Gasteiger partial charge in [-0.15, -0.1) is 0 Å². The number of rotatable bonds is 5. The summed E-state index contributed by atoms with van der Waals surface area (Å²) in [6.07, 6.45) is -0.343. The van der Waals surface area contributed by atoms with Crippen molar-refractivity contribution >= 4 is 31.4 Å². The number of carbonyl (C=O) groups excluding carboxylic acids is 1. The fourth-order valence-corrected chi connectivity index (χ4v) is 1.79. The maximum absolute atomic E-state index is 11.8. The smallest absolute Gasteiger partial charge is 0.411 e. The van der Waals surface area contributed by atoms with Gasteiger partial charge in [0, 0.05) is 0 Å². The molecule has 0 spiro atoms. The van der Waals surface area contributed by atoms with Gasteiger partial charge in [-0.05, 0) is 18.8 Å². The molecule has 2 unspecified atom stereocenters. The van der Waals surface area contributed by atoms with Gasteiger partial charge in [-0.2, -0.15) is 25.3 Å². The van der Waals surface area contributed by atoms with Crippen LogP contribution in [0.5, 0.6) is 0 Å². The highest BCUT2D eigenvalue weighted by Gasteiger charge is 2.31. The number of hydrogen-bond acceptors (Lipinski definition) is 4. The molecule has 0 bridgehead atoms. The topological polar surface area (TPSA) is 29.5 Å². The number of hydrogen-bond donors (Lipinski definition) is 2. The van der Waals surface area contributed by atoms with Crippen LogP contribution in [0.2, 0.25) is 0 Å². The number of ether oxygens (including phenoxy) is 1. The van der Waals surface area contributed by atoms with Crippen LogP contribution in [0.3, 0.4) is 0 Å². The third-order valence-electron chi connectivity index (χ3n) is 2.24. The van der Waals surface area contributed by atoms with Gasteiger partial charge in [-0.25, -0.2) is 4.79 Å². The maximum Gasteiger partial charge on any atom is 0.411 e. The molecule has 0 aromatic rings. The summed E-state index contributed by atoms with van der Waals surface area (Å²) >= 11 is 8.92. The van der Waals surface area contributed by atoms with Crippen LogP contribution < -0.4 is 0 Å². The van der Waals surface area contributed by atoms with Crippen molar-refractivity contribution in [2.45, 2.75) is 45.4 Å². The summed E-state index contributed by atoms with van der Waals surface area (Å²) in [7, 11) is 0. The van der Waals surface area contributed by atoms with Crippen LogP contribution in [0.25, 0.3) is 0 Å². The zero-order valence-corrected chi connectivity index (χ0v) is 12.5. The highest BCUT2D eigenvalue weighted by atomic mass is 32.1. The van der Waals surface area contributed by atoms with Crippen molar-refractivity contribution in [3.8, 4) is 0 Å². The minimum absolute atomic E-state index is 0.177. The average Bonchev–Trinajstić information content (AvgIpc) is 2.17. The molecular weight excluding hydrogens is 242 g/mol. The summed E-state index contributed by atoms with van der Waals surface area (Å²) in [5.74, 6) is 0.502. The lowest BCUT2D eigenvalue weighted by atomic mass is 10.1. The Labute approximate surface area is 110 Å². The maximum atomic E-state index is 11.8. The van der Waals surface area contributed by atoms with Crippen molar-refractivity contribution in [2.24, 2.45) is 11.8 Å². The monoisotopic (exact) mass is 265 g/mol. The van der Waals surface area contributed by atoms with E-state index in [-0.39, 0.29) is 28.7 Å². The zero-order chi connectivity index (χ0) is 12.9. The SMILES string of the molecule is CCOC(=O)N(C(S)C(C)C)C(S)C(C)C. The summed E-state index contributed by atoms with van der Waals surface area (Å²) in [6.45, 7) is 10.2. The van der Waals surface area contributed by atoms with Gasteiger partial charge in [-0.3, -0.25) is 4.90 Å².